The molecule has 2 aromatic rings. The minimum Gasteiger partial charge on any atom is -0.480 e. The maximum absolute atomic E-state index is 12.0. The molecule has 0 aliphatic heterocycles. The van der Waals surface area contributed by atoms with Crippen molar-refractivity contribution in [1.82, 2.24) is 14.9 Å². The van der Waals surface area contributed by atoms with E-state index >= 15 is 0 Å². The standard InChI is InChI=1S/C19H23N3O4/c1-13-20-15-9-5-6-10-17(15)22(13)11-16(18(23)24)21-19(25)26-12-14-7-3-2-4-8-14/h2-4,7-8,16H,5-6,9-12H2,1H3,(H,21,25)(H,23,24). The molecule has 1 atom stereocenters. The number of imidazole rings is 1. The van der Waals surface area contributed by atoms with Crippen molar-refractivity contribution in [3.05, 3.63) is 53.1 Å². The number of carbonyl (C=O) groups is 2. The van der Waals surface area contributed by atoms with Gasteiger partial charge in [-0.3, -0.25) is 0 Å². The number of carbonyl (C=O) groups excluding carboxylic acids is 1. The number of nitrogens with one attached hydrogen (secondary N) is 1. The van der Waals surface area contributed by atoms with Gasteiger partial charge >= 0.3 is 12.1 Å². The topological polar surface area (TPSA) is 93.5 Å². The first-order chi connectivity index (χ1) is 12.5. The molecule has 0 bridgehead atoms. The summed E-state index contributed by atoms with van der Waals surface area (Å²) in [5.41, 5.74) is 2.97. The molecule has 3 rings (SSSR count). The summed E-state index contributed by atoms with van der Waals surface area (Å²) in [5.74, 6) is -0.318. The van der Waals surface area contributed by atoms with E-state index in [2.05, 4.69) is 10.3 Å². The predicted molar refractivity (Wildman–Crippen MR) is 94.8 cm³/mol. The van der Waals surface area contributed by atoms with Crippen molar-refractivity contribution >= 4 is 12.1 Å². The van der Waals surface area contributed by atoms with Crippen LogP contribution in [0.25, 0.3) is 0 Å². The lowest BCUT2D eigenvalue weighted by Crippen LogP contribution is -2.44. The molecule has 1 aromatic carbocycles. The fraction of sp³-hybridized carbons (Fsp3) is 0.421. The molecule has 1 aliphatic carbocycles. The molecule has 26 heavy (non-hydrogen) atoms. The quantitative estimate of drug-likeness (QED) is 0.828. The number of carboxylic acid groups (broad SMARTS) is 1. The number of aryl methyl sites for hydroxylation is 2. The Morgan fingerprint density at radius 3 is 2.73 bits per heavy atom. The van der Waals surface area contributed by atoms with Crippen LogP contribution in [0.15, 0.2) is 30.3 Å². The molecule has 1 amide bonds. The number of hydrogen-bond acceptors (Lipinski definition) is 4. The number of fused-ring (bicyclic) bond motifs is 1. The Balaban J connectivity index is 1.63. The zero-order valence-corrected chi connectivity index (χ0v) is 14.8. The number of benzene rings is 1. The predicted octanol–water partition coefficient (Wildman–Crippen LogP) is 2.45. The minimum absolute atomic E-state index is 0.0957. The third-order valence-corrected chi connectivity index (χ3v) is 4.59. The first-order valence-corrected chi connectivity index (χ1v) is 8.79. The molecular weight excluding hydrogens is 334 g/mol. The Kier molecular flexibility index (Phi) is 5.55. The highest BCUT2D eigenvalue weighted by molar-refractivity contribution is 5.79. The Labute approximate surface area is 152 Å². The van der Waals surface area contributed by atoms with Crippen molar-refractivity contribution in [3.8, 4) is 0 Å². The molecule has 1 aliphatic rings. The van der Waals surface area contributed by atoms with E-state index in [4.69, 9.17) is 4.74 Å². The summed E-state index contributed by atoms with van der Waals surface area (Å²) >= 11 is 0. The molecule has 7 heteroatoms. The number of ether oxygens (including phenoxy) is 1. The van der Waals surface area contributed by atoms with Gasteiger partial charge in [-0.05, 0) is 38.2 Å². The molecule has 0 fully saturated rings. The summed E-state index contributed by atoms with van der Waals surface area (Å²) in [6, 6.07) is 8.17. The number of hydrogen-bond donors (Lipinski definition) is 2. The van der Waals surface area contributed by atoms with E-state index < -0.39 is 18.1 Å². The van der Waals surface area contributed by atoms with Gasteiger partial charge in [0.2, 0.25) is 0 Å². The van der Waals surface area contributed by atoms with Gasteiger partial charge in [-0.25, -0.2) is 14.6 Å². The lowest BCUT2D eigenvalue weighted by atomic mass is 10.0. The Morgan fingerprint density at radius 1 is 1.27 bits per heavy atom. The lowest BCUT2D eigenvalue weighted by Gasteiger charge is -2.19. The summed E-state index contributed by atoms with van der Waals surface area (Å²) in [4.78, 5) is 28.2. The second-order valence-electron chi connectivity index (χ2n) is 6.47. The number of nitrogens with zero attached hydrogens (tertiary/aromatic N) is 2. The van der Waals surface area contributed by atoms with Gasteiger partial charge in [-0.15, -0.1) is 0 Å². The molecule has 0 spiro atoms. The van der Waals surface area contributed by atoms with Crippen LogP contribution in [0.2, 0.25) is 0 Å². The van der Waals surface area contributed by atoms with E-state index in [0.717, 1.165) is 48.5 Å². The third-order valence-electron chi connectivity index (χ3n) is 4.59. The molecule has 0 radical (unpaired) electrons. The molecule has 1 unspecified atom stereocenters. The van der Waals surface area contributed by atoms with Gasteiger partial charge in [-0.2, -0.15) is 0 Å². The number of aromatic nitrogens is 2. The molecular formula is C19H23N3O4. The zero-order chi connectivity index (χ0) is 18.5. The molecule has 1 aromatic heterocycles. The maximum Gasteiger partial charge on any atom is 0.408 e. The van der Waals surface area contributed by atoms with Crippen LogP contribution in [-0.4, -0.2) is 32.8 Å². The number of aliphatic carboxylic acids is 1. The minimum atomic E-state index is -1.10. The van der Waals surface area contributed by atoms with E-state index in [0.29, 0.717) is 0 Å². The van der Waals surface area contributed by atoms with E-state index in [9.17, 15) is 14.7 Å². The van der Waals surface area contributed by atoms with Gasteiger partial charge in [0.1, 0.15) is 18.5 Å². The largest absolute Gasteiger partial charge is 0.480 e. The highest BCUT2D eigenvalue weighted by Crippen LogP contribution is 2.22. The SMILES string of the molecule is Cc1nc2c(n1CC(NC(=O)OCc1ccccc1)C(=O)O)CCCC2. The number of carboxylic acids is 1. The van der Waals surface area contributed by atoms with Crippen LogP contribution >= 0.6 is 0 Å². The normalized spacial score (nSPS) is 14.3. The second kappa shape index (κ2) is 8.03. The summed E-state index contributed by atoms with van der Waals surface area (Å²) in [5, 5.41) is 11.9. The Bertz CT molecular complexity index is 786. The summed E-state index contributed by atoms with van der Waals surface area (Å²) < 4.78 is 7.04. The van der Waals surface area contributed by atoms with Gasteiger partial charge in [0, 0.05) is 5.69 Å². The van der Waals surface area contributed by atoms with Gasteiger partial charge < -0.3 is 19.7 Å². The first-order valence-electron chi connectivity index (χ1n) is 8.79. The van der Waals surface area contributed by atoms with Crippen molar-refractivity contribution in [1.29, 1.82) is 0 Å². The average Bonchev–Trinajstić information content (AvgIpc) is 2.95. The smallest absolute Gasteiger partial charge is 0.408 e. The summed E-state index contributed by atoms with van der Waals surface area (Å²) in [6.45, 7) is 2.10. The molecule has 2 N–H and O–H groups in total. The average molecular weight is 357 g/mol. The molecule has 0 saturated carbocycles. The van der Waals surface area contributed by atoms with Crippen molar-refractivity contribution in [2.24, 2.45) is 0 Å². The van der Waals surface area contributed by atoms with Gasteiger partial charge in [0.05, 0.1) is 12.2 Å². The number of rotatable bonds is 6. The van der Waals surface area contributed by atoms with Crippen molar-refractivity contribution in [2.75, 3.05) is 0 Å². The third kappa shape index (κ3) is 4.22. The Hall–Kier alpha value is -2.83. The molecule has 0 saturated heterocycles. The highest BCUT2D eigenvalue weighted by atomic mass is 16.5. The monoisotopic (exact) mass is 357 g/mol. The van der Waals surface area contributed by atoms with Crippen LogP contribution in [-0.2, 0) is 35.5 Å². The van der Waals surface area contributed by atoms with Crippen LogP contribution in [0.1, 0.15) is 35.6 Å². The maximum atomic E-state index is 12.0. The second-order valence-corrected chi connectivity index (χ2v) is 6.47. The van der Waals surface area contributed by atoms with Crippen LogP contribution < -0.4 is 5.32 Å². The fourth-order valence-electron chi connectivity index (χ4n) is 3.25. The lowest BCUT2D eigenvalue weighted by molar-refractivity contribution is -0.139. The number of amides is 1. The fourth-order valence-corrected chi connectivity index (χ4v) is 3.25. The summed E-state index contributed by atoms with van der Waals surface area (Å²) in [6.07, 6.45) is 3.25. The van der Waals surface area contributed by atoms with Crippen LogP contribution in [0.4, 0.5) is 4.79 Å². The van der Waals surface area contributed by atoms with Crippen LogP contribution in [0, 0.1) is 6.92 Å². The van der Waals surface area contributed by atoms with Crippen LogP contribution in [0.3, 0.4) is 0 Å². The molecule has 1 heterocycles. The first kappa shape index (κ1) is 18.0. The van der Waals surface area contributed by atoms with E-state index in [1.807, 2.05) is 41.8 Å². The van der Waals surface area contributed by atoms with Gasteiger partial charge in [0.25, 0.3) is 0 Å². The van der Waals surface area contributed by atoms with Gasteiger partial charge in [-0.1, -0.05) is 30.3 Å². The van der Waals surface area contributed by atoms with E-state index in [1.165, 1.54) is 0 Å². The Morgan fingerprint density at radius 2 is 2.00 bits per heavy atom. The van der Waals surface area contributed by atoms with Crippen molar-refractivity contribution in [2.45, 2.75) is 51.8 Å². The zero-order valence-electron chi connectivity index (χ0n) is 14.8. The van der Waals surface area contributed by atoms with E-state index in [1.54, 1.807) is 0 Å². The highest BCUT2D eigenvalue weighted by Gasteiger charge is 2.25. The molecule has 138 valence electrons. The summed E-state index contributed by atoms with van der Waals surface area (Å²) in [7, 11) is 0. The number of alkyl carbamates (subject to hydrolysis) is 1. The molecule has 7 nitrogen and oxygen atoms in total. The van der Waals surface area contributed by atoms with E-state index in [-0.39, 0.29) is 13.2 Å². The van der Waals surface area contributed by atoms with Crippen LogP contribution in [0.5, 0.6) is 0 Å². The van der Waals surface area contributed by atoms with Crippen molar-refractivity contribution in [3.63, 3.8) is 0 Å². The van der Waals surface area contributed by atoms with Crippen molar-refractivity contribution < 1.29 is 19.4 Å². The van der Waals surface area contributed by atoms with Gasteiger partial charge in [0.15, 0.2) is 0 Å².